The normalized spacial score (nSPS) is 10.1. The van der Waals surface area contributed by atoms with Crippen molar-refractivity contribution >= 4 is 17.3 Å². The second-order valence-corrected chi connectivity index (χ2v) is 4.00. The van der Waals surface area contributed by atoms with Gasteiger partial charge in [0.05, 0.1) is 11.4 Å². The summed E-state index contributed by atoms with van der Waals surface area (Å²) in [6.07, 6.45) is 0. The van der Waals surface area contributed by atoms with Gasteiger partial charge in [-0.1, -0.05) is 12.1 Å². The quantitative estimate of drug-likeness (QED) is 0.845. The maximum absolute atomic E-state index is 13.3. The number of rotatable bonds is 4. The van der Waals surface area contributed by atoms with Crippen molar-refractivity contribution in [1.82, 2.24) is 0 Å². The maximum Gasteiger partial charge on any atom is 0.262 e. The van der Waals surface area contributed by atoms with E-state index in [0.29, 0.717) is 0 Å². The van der Waals surface area contributed by atoms with Gasteiger partial charge >= 0.3 is 0 Å². The van der Waals surface area contributed by atoms with Gasteiger partial charge in [-0.3, -0.25) is 4.79 Å². The van der Waals surface area contributed by atoms with Crippen molar-refractivity contribution in [3.05, 3.63) is 54.1 Å². The number of ether oxygens (including phenoxy) is 1. The van der Waals surface area contributed by atoms with E-state index < -0.39 is 17.5 Å². The molecule has 2 aromatic carbocycles. The molecule has 0 aromatic heterocycles. The number of para-hydroxylation sites is 1. The van der Waals surface area contributed by atoms with Crippen LogP contribution < -0.4 is 15.8 Å². The Balaban J connectivity index is 1.92. The first-order valence-electron chi connectivity index (χ1n) is 5.78. The molecule has 2 aromatic rings. The van der Waals surface area contributed by atoms with E-state index in [2.05, 4.69) is 5.32 Å². The Kier molecular flexibility index (Phi) is 4.14. The molecule has 2 rings (SSSR count). The number of nitrogen functional groups attached to an aromatic ring is 1. The Morgan fingerprint density at radius 3 is 2.60 bits per heavy atom. The SMILES string of the molecule is Nc1ccc(OCC(=O)Nc2ccccc2F)cc1F. The number of nitrogens with two attached hydrogens (primary N) is 1. The Morgan fingerprint density at radius 1 is 1.15 bits per heavy atom. The number of halogens is 2. The molecule has 0 radical (unpaired) electrons. The number of carbonyl (C=O) groups excluding carboxylic acids is 1. The maximum atomic E-state index is 13.3. The highest BCUT2D eigenvalue weighted by Crippen LogP contribution is 2.18. The van der Waals surface area contributed by atoms with E-state index in [0.717, 1.165) is 6.07 Å². The first-order chi connectivity index (χ1) is 9.56. The van der Waals surface area contributed by atoms with E-state index >= 15 is 0 Å². The minimum Gasteiger partial charge on any atom is -0.484 e. The molecule has 0 aliphatic heterocycles. The molecule has 0 unspecified atom stereocenters. The molecule has 6 heteroatoms. The number of anilines is 2. The number of benzene rings is 2. The lowest BCUT2D eigenvalue weighted by atomic mass is 10.3. The van der Waals surface area contributed by atoms with Crippen molar-refractivity contribution in [2.75, 3.05) is 17.7 Å². The third-order valence-electron chi connectivity index (χ3n) is 2.49. The van der Waals surface area contributed by atoms with E-state index in [1.807, 2.05) is 0 Å². The molecular formula is C14H12F2N2O2. The summed E-state index contributed by atoms with van der Waals surface area (Å²) in [7, 11) is 0. The molecule has 0 spiro atoms. The van der Waals surface area contributed by atoms with Crippen LogP contribution in [-0.4, -0.2) is 12.5 Å². The smallest absolute Gasteiger partial charge is 0.262 e. The van der Waals surface area contributed by atoms with Gasteiger partial charge in [0.2, 0.25) is 0 Å². The third kappa shape index (κ3) is 3.44. The number of amides is 1. The topological polar surface area (TPSA) is 64.3 Å². The molecule has 4 nitrogen and oxygen atoms in total. The first kappa shape index (κ1) is 13.8. The summed E-state index contributed by atoms with van der Waals surface area (Å²) in [5.41, 5.74) is 5.37. The minimum absolute atomic E-state index is 0.00634. The highest BCUT2D eigenvalue weighted by Gasteiger charge is 2.08. The van der Waals surface area contributed by atoms with Gasteiger partial charge in [-0.2, -0.15) is 0 Å². The summed E-state index contributed by atoms with van der Waals surface area (Å²) >= 11 is 0. The highest BCUT2D eigenvalue weighted by atomic mass is 19.1. The van der Waals surface area contributed by atoms with Crippen LogP contribution in [0, 0.1) is 11.6 Å². The van der Waals surface area contributed by atoms with Crippen molar-refractivity contribution < 1.29 is 18.3 Å². The van der Waals surface area contributed by atoms with Crippen LogP contribution in [0.25, 0.3) is 0 Å². The molecule has 0 aliphatic rings. The Morgan fingerprint density at radius 2 is 1.90 bits per heavy atom. The average Bonchev–Trinajstić information content (AvgIpc) is 2.43. The Hall–Kier alpha value is -2.63. The standard InChI is InChI=1S/C14H12F2N2O2/c15-10-3-1-2-4-13(10)18-14(19)8-20-9-5-6-12(17)11(16)7-9/h1-7H,8,17H2,(H,18,19). The summed E-state index contributed by atoms with van der Waals surface area (Å²) in [5.74, 6) is -1.55. The lowest BCUT2D eigenvalue weighted by Gasteiger charge is -2.08. The first-order valence-corrected chi connectivity index (χ1v) is 5.78. The molecule has 0 bridgehead atoms. The van der Waals surface area contributed by atoms with Crippen LogP contribution >= 0.6 is 0 Å². The van der Waals surface area contributed by atoms with E-state index in [1.54, 1.807) is 6.07 Å². The predicted octanol–water partition coefficient (Wildman–Crippen LogP) is 2.56. The molecule has 1 amide bonds. The lowest BCUT2D eigenvalue weighted by molar-refractivity contribution is -0.118. The highest BCUT2D eigenvalue weighted by molar-refractivity contribution is 5.91. The van der Waals surface area contributed by atoms with Crippen LogP contribution in [0.3, 0.4) is 0 Å². The molecule has 0 aliphatic carbocycles. The molecular weight excluding hydrogens is 266 g/mol. The van der Waals surface area contributed by atoms with Gasteiger partial charge in [-0.25, -0.2) is 8.78 Å². The van der Waals surface area contributed by atoms with Crippen LogP contribution in [0.1, 0.15) is 0 Å². The fraction of sp³-hybridized carbons (Fsp3) is 0.0714. The second kappa shape index (κ2) is 6.01. The van der Waals surface area contributed by atoms with Gasteiger partial charge in [0, 0.05) is 6.07 Å². The fourth-order valence-corrected chi connectivity index (χ4v) is 1.50. The van der Waals surface area contributed by atoms with Crippen molar-refractivity contribution in [1.29, 1.82) is 0 Å². The molecule has 0 fully saturated rings. The summed E-state index contributed by atoms with van der Waals surface area (Å²) < 4.78 is 31.5. The van der Waals surface area contributed by atoms with E-state index in [4.69, 9.17) is 10.5 Å². The summed E-state index contributed by atoms with van der Waals surface area (Å²) in [4.78, 5) is 11.6. The molecule has 0 atom stereocenters. The predicted molar refractivity (Wildman–Crippen MR) is 71.3 cm³/mol. The van der Waals surface area contributed by atoms with Crippen LogP contribution in [-0.2, 0) is 4.79 Å². The minimum atomic E-state index is -0.628. The van der Waals surface area contributed by atoms with Crippen LogP contribution in [0.5, 0.6) is 5.75 Å². The zero-order valence-electron chi connectivity index (χ0n) is 10.4. The molecule has 0 heterocycles. The zero-order chi connectivity index (χ0) is 14.5. The average molecular weight is 278 g/mol. The van der Waals surface area contributed by atoms with Gasteiger partial charge in [-0.05, 0) is 24.3 Å². The van der Waals surface area contributed by atoms with Crippen molar-refractivity contribution in [3.63, 3.8) is 0 Å². The van der Waals surface area contributed by atoms with E-state index in [9.17, 15) is 13.6 Å². The Bertz CT molecular complexity index is 632. The number of nitrogens with one attached hydrogen (secondary N) is 1. The second-order valence-electron chi connectivity index (χ2n) is 4.00. The summed E-state index contributed by atoms with van der Waals surface area (Å²) in [6, 6.07) is 9.61. The number of hydrogen-bond acceptors (Lipinski definition) is 3. The molecule has 0 saturated carbocycles. The van der Waals surface area contributed by atoms with E-state index in [1.165, 1.54) is 30.3 Å². The number of carbonyl (C=O) groups is 1. The fourth-order valence-electron chi connectivity index (χ4n) is 1.50. The summed E-state index contributed by atoms with van der Waals surface area (Å²) in [6.45, 7) is -0.363. The van der Waals surface area contributed by atoms with Crippen molar-refractivity contribution in [2.45, 2.75) is 0 Å². The number of hydrogen-bond donors (Lipinski definition) is 2. The largest absolute Gasteiger partial charge is 0.484 e. The summed E-state index contributed by atoms with van der Waals surface area (Å²) in [5, 5.41) is 2.35. The molecule has 20 heavy (non-hydrogen) atoms. The zero-order valence-corrected chi connectivity index (χ0v) is 10.4. The van der Waals surface area contributed by atoms with Gasteiger partial charge < -0.3 is 15.8 Å². The van der Waals surface area contributed by atoms with Crippen LogP contribution in [0.4, 0.5) is 20.2 Å². The van der Waals surface area contributed by atoms with Gasteiger partial charge in [-0.15, -0.1) is 0 Å². The van der Waals surface area contributed by atoms with Crippen LogP contribution in [0.2, 0.25) is 0 Å². The molecule has 3 N–H and O–H groups in total. The van der Waals surface area contributed by atoms with Crippen molar-refractivity contribution in [2.24, 2.45) is 0 Å². The third-order valence-corrected chi connectivity index (χ3v) is 2.49. The van der Waals surface area contributed by atoms with Crippen molar-refractivity contribution in [3.8, 4) is 5.75 Å². The molecule has 104 valence electrons. The molecule has 0 saturated heterocycles. The van der Waals surface area contributed by atoms with Gasteiger partial charge in [0.25, 0.3) is 5.91 Å². The van der Waals surface area contributed by atoms with Gasteiger partial charge in [0.15, 0.2) is 6.61 Å². The Labute approximate surface area is 114 Å². The van der Waals surface area contributed by atoms with E-state index in [-0.39, 0.29) is 23.7 Å². The van der Waals surface area contributed by atoms with Gasteiger partial charge in [0.1, 0.15) is 17.4 Å². The monoisotopic (exact) mass is 278 g/mol. The van der Waals surface area contributed by atoms with Crippen LogP contribution in [0.15, 0.2) is 42.5 Å². The lowest BCUT2D eigenvalue weighted by Crippen LogP contribution is -2.20.